The summed E-state index contributed by atoms with van der Waals surface area (Å²) in [5.74, 6) is 0.909. The number of benzene rings is 1. The Labute approximate surface area is 263 Å². The maximum absolute atomic E-state index is 14.0. The number of aromatic nitrogens is 3. The molecule has 0 radical (unpaired) electrons. The summed E-state index contributed by atoms with van der Waals surface area (Å²) >= 11 is 0. The first-order chi connectivity index (χ1) is 21.4. The van der Waals surface area contributed by atoms with E-state index >= 15 is 0 Å². The van der Waals surface area contributed by atoms with Gasteiger partial charge in [0.1, 0.15) is 5.82 Å². The SMILES string of the molecule is CCC[C@H](c1nc2ccc(NCC[C@]3(c4ccccn4)CCOC4(CCCC4)C3)cc2c(=O)n1CC)N1C[C@@H](C)N[C@@H](C)C1. The predicted molar refractivity (Wildman–Crippen MR) is 178 cm³/mol. The Bertz CT molecular complexity index is 1460. The molecule has 2 aromatic heterocycles. The first kappa shape index (κ1) is 31.2. The molecule has 8 heteroatoms. The van der Waals surface area contributed by atoms with Gasteiger partial charge in [0.15, 0.2) is 0 Å². The third-order valence-electron chi connectivity index (χ3n) is 10.5. The zero-order chi connectivity index (χ0) is 30.7. The van der Waals surface area contributed by atoms with Gasteiger partial charge in [0.25, 0.3) is 5.56 Å². The molecule has 2 aliphatic heterocycles. The molecule has 2 N–H and O–H groups in total. The molecule has 1 aromatic carbocycles. The van der Waals surface area contributed by atoms with Gasteiger partial charge in [-0.1, -0.05) is 32.3 Å². The molecule has 0 bridgehead atoms. The number of pyridine rings is 1. The van der Waals surface area contributed by atoms with E-state index in [9.17, 15) is 4.79 Å². The number of anilines is 1. The van der Waals surface area contributed by atoms with E-state index in [2.05, 4.69) is 61.4 Å². The molecule has 238 valence electrons. The predicted octanol–water partition coefficient (Wildman–Crippen LogP) is 6.20. The van der Waals surface area contributed by atoms with Crippen LogP contribution in [0.15, 0.2) is 47.4 Å². The lowest BCUT2D eigenvalue weighted by atomic mass is 9.68. The zero-order valence-corrected chi connectivity index (χ0v) is 27.3. The maximum atomic E-state index is 14.0. The zero-order valence-electron chi connectivity index (χ0n) is 27.3. The summed E-state index contributed by atoms with van der Waals surface area (Å²) in [6, 6.07) is 13.4. The number of hydrogen-bond acceptors (Lipinski definition) is 7. The van der Waals surface area contributed by atoms with Crippen molar-refractivity contribution in [1.29, 1.82) is 0 Å². The molecule has 1 saturated carbocycles. The summed E-state index contributed by atoms with van der Waals surface area (Å²) in [5.41, 5.74) is 3.00. The molecule has 3 fully saturated rings. The number of nitrogens with one attached hydrogen (secondary N) is 2. The fourth-order valence-electron chi connectivity index (χ4n) is 8.52. The second-order valence-electron chi connectivity index (χ2n) is 13.8. The quantitative estimate of drug-likeness (QED) is 0.287. The average molecular weight is 601 g/mol. The first-order valence-corrected chi connectivity index (χ1v) is 17.2. The number of rotatable bonds is 10. The lowest BCUT2D eigenvalue weighted by molar-refractivity contribution is -0.104. The van der Waals surface area contributed by atoms with Crippen LogP contribution in [-0.4, -0.2) is 63.4 Å². The minimum Gasteiger partial charge on any atom is -0.385 e. The Kier molecular flexibility index (Phi) is 9.41. The van der Waals surface area contributed by atoms with Crippen molar-refractivity contribution in [2.24, 2.45) is 0 Å². The highest BCUT2D eigenvalue weighted by Crippen LogP contribution is 2.49. The van der Waals surface area contributed by atoms with E-state index in [0.29, 0.717) is 24.0 Å². The molecule has 3 aliphatic rings. The van der Waals surface area contributed by atoms with Crippen LogP contribution < -0.4 is 16.2 Å². The van der Waals surface area contributed by atoms with Crippen molar-refractivity contribution < 1.29 is 4.74 Å². The van der Waals surface area contributed by atoms with Gasteiger partial charge in [0.2, 0.25) is 0 Å². The van der Waals surface area contributed by atoms with Crippen molar-refractivity contribution in [2.45, 2.75) is 121 Å². The summed E-state index contributed by atoms with van der Waals surface area (Å²) in [7, 11) is 0. The normalized spacial score (nSPS) is 26.3. The smallest absolute Gasteiger partial charge is 0.261 e. The highest BCUT2D eigenvalue weighted by molar-refractivity contribution is 5.81. The summed E-state index contributed by atoms with van der Waals surface area (Å²) in [5, 5.41) is 8.02. The van der Waals surface area contributed by atoms with Crippen LogP contribution >= 0.6 is 0 Å². The number of nitrogens with zero attached hydrogens (tertiary/aromatic N) is 4. The van der Waals surface area contributed by atoms with Gasteiger partial charge < -0.3 is 15.4 Å². The fourth-order valence-corrected chi connectivity index (χ4v) is 8.52. The van der Waals surface area contributed by atoms with Gasteiger partial charge in [-0.05, 0) is 89.6 Å². The second kappa shape index (κ2) is 13.3. The van der Waals surface area contributed by atoms with E-state index in [1.807, 2.05) is 29.0 Å². The Morgan fingerprint density at radius 1 is 1.09 bits per heavy atom. The Hall–Kier alpha value is -2.81. The molecule has 8 nitrogen and oxygen atoms in total. The third kappa shape index (κ3) is 6.31. The Morgan fingerprint density at radius 2 is 1.89 bits per heavy atom. The van der Waals surface area contributed by atoms with E-state index in [4.69, 9.17) is 14.7 Å². The van der Waals surface area contributed by atoms with Crippen LogP contribution in [0.1, 0.15) is 103 Å². The Morgan fingerprint density at radius 3 is 2.59 bits per heavy atom. The average Bonchev–Trinajstić information content (AvgIpc) is 3.47. The number of hydrogen-bond donors (Lipinski definition) is 2. The van der Waals surface area contributed by atoms with Crippen molar-refractivity contribution in [3.8, 4) is 0 Å². The van der Waals surface area contributed by atoms with E-state index in [0.717, 1.165) is 88.2 Å². The summed E-state index contributed by atoms with van der Waals surface area (Å²) < 4.78 is 8.36. The van der Waals surface area contributed by atoms with Crippen LogP contribution in [-0.2, 0) is 16.7 Å². The first-order valence-electron chi connectivity index (χ1n) is 17.2. The van der Waals surface area contributed by atoms with Gasteiger partial charge in [0, 0.05) is 67.9 Å². The van der Waals surface area contributed by atoms with Gasteiger partial charge in [-0.15, -0.1) is 0 Å². The largest absolute Gasteiger partial charge is 0.385 e. The van der Waals surface area contributed by atoms with Crippen LogP contribution in [0.4, 0.5) is 5.69 Å². The molecular formula is C36H52N6O2. The minimum atomic E-state index is -0.00760. The molecule has 4 atom stereocenters. The van der Waals surface area contributed by atoms with Gasteiger partial charge in [-0.3, -0.25) is 19.2 Å². The van der Waals surface area contributed by atoms with E-state index in [-0.39, 0.29) is 22.6 Å². The monoisotopic (exact) mass is 600 g/mol. The second-order valence-corrected chi connectivity index (χ2v) is 13.8. The van der Waals surface area contributed by atoms with E-state index in [1.54, 1.807) is 0 Å². The number of ether oxygens (including phenoxy) is 1. The van der Waals surface area contributed by atoms with E-state index in [1.165, 1.54) is 18.5 Å². The molecule has 4 heterocycles. The maximum Gasteiger partial charge on any atom is 0.261 e. The van der Waals surface area contributed by atoms with E-state index < -0.39 is 0 Å². The van der Waals surface area contributed by atoms with Crippen molar-refractivity contribution in [1.82, 2.24) is 24.8 Å². The molecule has 3 aromatic rings. The molecule has 0 unspecified atom stereocenters. The minimum absolute atomic E-state index is 0.00373. The van der Waals surface area contributed by atoms with Crippen LogP contribution in [0, 0.1) is 0 Å². The fraction of sp³-hybridized carbons (Fsp3) is 0.639. The highest BCUT2D eigenvalue weighted by Gasteiger charge is 2.48. The molecule has 1 aliphatic carbocycles. The molecule has 1 spiro atoms. The molecule has 44 heavy (non-hydrogen) atoms. The van der Waals surface area contributed by atoms with Crippen molar-refractivity contribution in [2.75, 3.05) is 31.6 Å². The van der Waals surface area contributed by atoms with Crippen molar-refractivity contribution in [3.05, 3.63) is 64.5 Å². The lowest BCUT2D eigenvalue weighted by Crippen LogP contribution is -2.55. The molecule has 6 rings (SSSR count). The summed E-state index contributed by atoms with van der Waals surface area (Å²) in [6.07, 6.45) is 11.8. The number of piperazine rings is 1. The Balaban J connectivity index is 1.24. The standard InChI is InChI=1S/C36H52N6O2/c1-5-11-31(41-23-26(3)39-27(4)24-41)33-40-30-14-13-28(22-29(30)34(43)42(33)6-2)37-20-17-35(32-12-7-10-19-38-32)18-21-44-36(25-35)15-8-9-16-36/h7,10,12-14,19,22,26-27,31,37,39H,5-6,8-9,11,15-18,20-21,23-25H2,1-4H3/t26-,27+,31-,35+/m1/s1. The topological polar surface area (TPSA) is 84.3 Å². The van der Waals surface area contributed by atoms with Crippen LogP contribution in [0.2, 0.25) is 0 Å². The summed E-state index contributed by atoms with van der Waals surface area (Å²) in [4.78, 5) is 26.6. The summed E-state index contributed by atoms with van der Waals surface area (Å²) in [6.45, 7) is 12.9. The molecule has 0 amide bonds. The van der Waals surface area contributed by atoms with Gasteiger partial charge >= 0.3 is 0 Å². The molecular weight excluding hydrogens is 548 g/mol. The highest BCUT2D eigenvalue weighted by atomic mass is 16.5. The van der Waals surface area contributed by atoms with Gasteiger partial charge in [0.05, 0.1) is 22.5 Å². The lowest BCUT2D eigenvalue weighted by Gasteiger charge is -2.46. The van der Waals surface area contributed by atoms with Crippen LogP contribution in [0.25, 0.3) is 10.9 Å². The van der Waals surface area contributed by atoms with Gasteiger partial charge in [-0.25, -0.2) is 4.98 Å². The third-order valence-corrected chi connectivity index (χ3v) is 10.5. The van der Waals surface area contributed by atoms with Crippen LogP contribution in [0.3, 0.4) is 0 Å². The van der Waals surface area contributed by atoms with Crippen molar-refractivity contribution >= 4 is 16.6 Å². The van der Waals surface area contributed by atoms with Gasteiger partial charge in [-0.2, -0.15) is 0 Å². The van der Waals surface area contributed by atoms with Crippen molar-refractivity contribution in [3.63, 3.8) is 0 Å². The van der Waals surface area contributed by atoms with Crippen LogP contribution in [0.5, 0.6) is 0 Å². The number of fused-ring (bicyclic) bond motifs is 1. The molecule has 2 saturated heterocycles.